The maximum Gasteiger partial charge on any atom is 0.472 e. The van der Waals surface area contributed by atoms with Crippen molar-refractivity contribution in [1.29, 1.82) is 0 Å². The van der Waals surface area contributed by atoms with Crippen LogP contribution in [0.5, 0.6) is 0 Å². The Balaban J connectivity index is 5.22. The molecule has 0 aromatic rings. The zero-order valence-electron chi connectivity index (χ0n) is 56.6. The van der Waals surface area contributed by atoms with Gasteiger partial charge in [-0.05, 0) is 49.4 Å². The van der Waals surface area contributed by atoms with Gasteiger partial charge in [0.2, 0.25) is 0 Å². The fourth-order valence-corrected chi connectivity index (χ4v) is 11.7. The number of carbonyl (C=O) groups is 4. The minimum Gasteiger partial charge on any atom is -0.462 e. The van der Waals surface area contributed by atoms with E-state index in [-0.39, 0.29) is 25.7 Å². The Hall–Kier alpha value is -1.94. The minimum absolute atomic E-state index is 0.101. The molecule has 19 heteroatoms. The van der Waals surface area contributed by atoms with Gasteiger partial charge < -0.3 is 33.8 Å². The van der Waals surface area contributed by atoms with Crippen molar-refractivity contribution in [2.24, 2.45) is 23.7 Å². The molecule has 87 heavy (non-hydrogen) atoms. The molecule has 6 atom stereocenters. The smallest absolute Gasteiger partial charge is 0.462 e. The van der Waals surface area contributed by atoms with Gasteiger partial charge in [-0.3, -0.25) is 37.3 Å². The number of hydrogen-bond donors (Lipinski definition) is 3. The van der Waals surface area contributed by atoms with E-state index < -0.39 is 97.5 Å². The highest BCUT2D eigenvalue weighted by atomic mass is 31.2. The lowest BCUT2D eigenvalue weighted by Crippen LogP contribution is -2.30. The highest BCUT2D eigenvalue weighted by molar-refractivity contribution is 7.47. The highest BCUT2D eigenvalue weighted by Crippen LogP contribution is 2.45. The van der Waals surface area contributed by atoms with E-state index >= 15 is 0 Å². The third-order valence-corrected chi connectivity index (χ3v) is 17.8. The Morgan fingerprint density at radius 3 is 0.816 bits per heavy atom. The van der Waals surface area contributed by atoms with Crippen LogP contribution in [0.15, 0.2) is 0 Å². The first-order chi connectivity index (χ1) is 41.6. The molecule has 516 valence electrons. The third-order valence-electron chi connectivity index (χ3n) is 15.9. The van der Waals surface area contributed by atoms with E-state index in [1.54, 1.807) is 0 Å². The summed E-state index contributed by atoms with van der Waals surface area (Å²) in [4.78, 5) is 72.4. The molecule has 3 unspecified atom stereocenters. The molecule has 0 aliphatic carbocycles. The lowest BCUT2D eigenvalue weighted by molar-refractivity contribution is -0.161. The van der Waals surface area contributed by atoms with E-state index in [0.29, 0.717) is 31.6 Å². The topological polar surface area (TPSA) is 237 Å². The number of aliphatic hydroxyl groups is 1. The first-order valence-electron chi connectivity index (χ1n) is 35.2. The van der Waals surface area contributed by atoms with Crippen molar-refractivity contribution in [3.05, 3.63) is 0 Å². The molecule has 0 rings (SSSR count). The summed E-state index contributed by atoms with van der Waals surface area (Å²) in [5.41, 5.74) is 0. The molecule has 0 bridgehead atoms. The summed E-state index contributed by atoms with van der Waals surface area (Å²) in [5, 5.41) is 10.6. The number of phosphoric acid groups is 2. The number of unbranched alkanes of at least 4 members (excludes halogenated alkanes) is 30. The predicted molar refractivity (Wildman–Crippen MR) is 349 cm³/mol. The van der Waals surface area contributed by atoms with Crippen LogP contribution in [0, 0.1) is 23.7 Å². The van der Waals surface area contributed by atoms with Crippen LogP contribution in [0.3, 0.4) is 0 Å². The number of phosphoric ester groups is 2. The second-order valence-corrected chi connectivity index (χ2v) is 29.1. The first kappa shape index (κ1) is 85.1. The van der Waals surface area contributed by atoms with Gasteiger partial charge in [0.15, 0.2) is 12.2 Å². The summed E-state index contributed by atoms with van der Waals surface area (Å²) in [5.74, 6) is 0.793. The number of ether oxygens (including phenoxy) is 4. The van der Waals surface area contributed by atoms with Gasteiger partial charge in [-0.1, -0.05) is 280 Å². The Kier molecular flexibility index (Phi) is 56.6. The Labute approximate surface area is 530 Å². The van der Waals surface area contributed by atoms with Crippen molar-refractivity contribution < 1.29 is 80.2 Å². The first-order valence-corrected chi connectivity index (χ1v) is 38.2. The van der Waals surface area contributed by atoms with Gasteiger partial charge in [0.05, 0.1) is 26.4 Å². The van der Waals surface area contributed by atoms with Crippen LogP contribution in [0.25, 0.3) is 0 Å². The summed E-state index contributed by atoms with van der Waals surface area (Å²) in [6, 6.07) is 0. The van der Waals surface area contributed by atoms with Crippen molar-refractivity contribution in [2.45, 2.75) is 350 Å². The van der Waals surface area contributed by atoms with Gasteiger partial charge in [0.25, 0.3) is 0 Å². The lowest BCUT2D eigenvalue weighted by Gasteiger charge is -2.21. The molecular weight excluding hydrogens is 1150 g/mol. The number of aliphatic hydroxyl groups excluding tert-OH is 1. The molecule has 0 fully saturated rings. The summed E-state index contributed by atoms with van der Waals surface area (Å²) < 4.78 is 68.1. The van der Waals surface area contributed by atoms with E-state index in [0.717, 1.165) is 114 Å². The number of rotatable bonds is 65. The van der Waals surface area contributed by atoms with E-state index in [9.17, 15) is 43.2 Å². The normalized spacial score (nSPS) is 14.6. The van der Waals surface area contributed by atoms with Crippen LogP contribution in [0.1, 0.15) is 331 Å². The van der Waals surface area contributed by atoms with Crippen molar-refractivity contribution in [1.82, 2.24) is 0 Å². The van der Waals surface area contributed by atoms with Gasteiger partial charge >= 0.3 is 39.5 Å². The molecule has 0 aliphatic rings. The molecule has 0 aromatic carbocycles. The summed E-state index contributed by atoms with van der Waals surface area (Å²) in [6.07, 6.45) is 39.1. The molecular formula is C68H132O17P2. The predicted octanol–water partition coefficient (Wildman–Crippen LogP) is 18.9. The summed E-state index contributed by atoms with van der Waals surface area (Å²) >= 11 is 0. The molecule has 3 N–H and O–H groups in total. The maximum atomic E-state index is 13.0. The van der Waals surface area contributed by atoms with Crippen molar-refractivity contribution in [3.8, 4) is 0 Å². The molecule has 0 saturated heterocycles. The van der Waals surface area contributed by atoms with E-state index in [2.05, 4.69) is 55.4 Å². The summed E-state index contributed by atoms with van der Waals surface area (Å²) in [7, 11) is -9.90. The number of carbonyl (C=O) groups excluding carboxylic acids is 4. The molecule has 0 heterocycles. The Bertz CT molecular complexity index is 1730. The van der Waals surface area contributed by atoms with Crippen LogP contribution in [-0.4, -0.2) is 96.7 Å². The Morgan fingerprint density at radius 1 is 0.322 bits per heavy atom. The van der Waals surface area contributed by atoms with Gasteiger partial charge in [0.1, 0.15) is 19.3 Å². The number of hydrogen-bond acceptors (Lipinski definition) is 15. The molecule has 0 aliphatic heterocycles. The van der Waals surface area contributed by atoms with Gasteiger partial charge in [-0.15, -0.1) is 0 Å². The average molecular weight is 1280 g/mol. The average Bonchev–Trinajstić information content (AvgIpc) is 3.68. The van der Waals surface area contributed by atoms with Crippen LogP contribution in [0.4, 0.5) is 0 Å². The fraction of sp³-hybridized carbons (Fsp3) is 0.941. The standard InChI is InChI=1S/C68H132O17P2/c1-9-61(8)47-39-31-25-27-33-41-49-66(71)79-55-63(84-67(72)50-42-34-23-18-14-12-10-11-13-16-20-28-36-44-58(2)3)56-82-86(74,75)80-52-62(69)53-81-87(76,77)83-57-64(85-68(73)51-43-35-26-24-30-38-46-60(6)7)54-78-65(70)48-40-32-22-19-15-17-21-29-37-45-59(4)5/h58-64,69H,9-57H2,1-8H3,(H,74,75)(H,76,77)/t61?,62-,63+,64+/m0/s1. The molecule has 0 radical (unpaired) electrons. The van der Waals surface area contributed by atoms with E-state index in [1.807, 2.05) is 0 Å². The fourth-order valence-electron chi connectivity index (χ4n) is 10.1. The molecule has 0 saturated carbocycles. The van der Waals surface area contributed by atoms with Crippen molar-refractivity contribution in [3.63, 3.8) is 0 Å². The van der Waals surface area contributed by atoms with Crippen LogP contribution in [0.2, 0.25) is 0 Å². The van der Waals surface area contributed by atoms with E-state index in [1.165, 1.54) is 128 Å². The maximum absolute atomic E-state index is 13.0. The van der Waals surface area contributed by atoms with Crippen LogP contribution >= 0.6 is 15.6 Å². The van der Waals surface area contributed by atoms with Gasteiger partial charge in [0, 0.05) is 25.7 Å². The van der Waals surface area contributed by atoms with Crippen LogP contribution < -0.4 is 0 Å². The minimum atomic E-state index is -4.95. The molecule has 0 amide bonds. The lowest BCUT2D eigenvalue weighted by atomic mass is 10.00. The summed E-state index contributed by atoms with van der Waals surface area (Å²) in [6.45, 7) is 14.0. The van der Waals surface area contributed by atoms with Gasteiger partial charge in [-0.25, -0.2) is 9.13 Å². The molecule has 17 nitrogen and oxygen atoms in total. The number of esters is 4. The second-order valence-electron chi connectivity index (χ2n) is 26.2. The van der Waals surface area contributed by atoms with Gasteiger partial charge in [-0.2, -0.15) is 0 Å². The largest absolute Gasteiger partial charge is 0.472 e. The van der Waals surface area contributed by atoms with E-state index in [4.69, 9.17) is 37.0 Å². The second kappa shape index (κ2) is 57.9. The zero-order chi connectivity index (χ0) is 64.7. The molecule has 0 spiro atoms. The zero-order valence-corrected chi connectivity index (χ0v) is 58.4. The third kappa shape index (κ3) is 61.3. The highest BCUT2D eigenvalue weighted by Gasteiger charge is 2.30. The van der Waals surface area contributed by atoms with Crippen molar-refractivity contribution in [2.75, 3.05) is 39.6 Å². The quantitative estimate of drug-likeness (QED) is 0.0222. The SMILES string of the molecule is CCC(C)CCCCCCCCC(=O)OC[C@H](COP(=O)(O)OC[C@H](O)COP(=O)(O)OC[C@@H](COC(=O)CCCCCCCCCCCC(C)C)OC(=O)CCCCCCCCC(C)C)OC(=O)CCCCCCCCCCCCCCCC(C)C. The Morgan fingerprint density at radius 2 is 0.552 bits per heavy atom. The van der Waals surface area contributed by atoms with Crippen LogP contribution in [-0.2, 0) is 65.4 Å². The molecule has 0 aromatic heterocycles. The van der Waals surface area contributed by atoms with Crippen molar-refractivity contribution >= 4 is 39.5 Å². The monoisotopic (exact) mass is 1280 g/mol.